The van der Waals surface area contributed by atoms with E-state index in [0.717, 1.165) is 16.5 Å². The number of H-pyrrole nitrogens is 1. The average molecular weight is 496 g/mol. The van der Waals surface area contributed by atoms with Gasteiger partial charge in [-0.25, -0.2) is 4.79 Å². The molecule has 36 heavy (non-hydrogen) atoms. The molecule has 3 heterocycles. The summed E-state index contributed by atoms with van der Waals surface area (Å²) < 4.78 is 11.3. The molecule has 3 aromatic rings. The summed E-state index contributed by atoms with van der Waals surface area (Å²) >= 11 is 0. The number of carbonyl (C=O) groups is 2. The number of nitrogens with one attached hydrogen (secondary N) is 2. The number of aromatic hydroxyl groups is 1. The van der Waals surface area contributed by atoms with Crippen LogP contribution in [0.5, 0.6) is 5.75 Å². The van der Waals surface area contributed by atoms with Crippen molar-refractivity contribution < 1.29 is 23.8 Å². The highest BCUT2D eigenvalue weighted by Crippen LogP contribution is 2.42. The second-order valence-corrected chi connectivity index (χ2v) is 10.5. The van der Waals surface area contributed by atoms with Crippen molar-refractivity contribution in [1.82, 2.24) is 15.2 Å². The smallest absolute Gasteiger partial charge is 0.410 e. The summed E-state index contributed by atoms with van der Waals surface area (Å²) in [6.45, 7) is 7.96. The highest BCUT2D eigenvalue weighted by molar-refractivity contribution is 5.84. The lowest BCUT2D eigenvalue weighted by Gasteiger charge is -2.41. The molecular weight excluding hydrogens is 462 g/mol. The second kappa shape index (κ2) is 9.72. The first kappa shape index (κ1) is 25.3. The molecule has 2 amide bonds. The van der Waals surface area contributed by atoms with Gasteiger partial charge in [0.25, 0.3) is 0 Å². The van der Waals surface area contributed by atoms with E-state index in [4.69, 9.17) is 9.15 Å². The van der Waals surface area contributed by atoms with Gasteiger partial charge in [0, 0.05) is 54.6 Å². The van der Waals surface area contributed by atoms with E-state index < -0.39 is 28.3 Å². The molecule has 0 bridgehead atoms. The van der Waals surface area contributed by atoms with E-state index in [2.05, 4.69) is 10.3 Å². The normalized spacial score (nSPS) is 15.6. The predicted octanol–water partition coefficient (Wildman–Crippen LogP) is 4.11. The van der Waals surface area contributed by atoms with Crippen LogP contribution in [0.15, 0.2) is 45.7 Å². The summed E-state index contributed by atoms with van der Waals surface area (Å²) in [7, 11) is 0. The fraction of sp³-hybridized carbons (Fsp3) is 0.444. The first-order chi connectivity index (χ1) is 17.0. The number of aromatic amines is 1. The fourth-order valence-corrected chi connectivity index (χ4v) is 4.76. The first-order valence-electron chi connectivity index (χ1n) is 12.1. The van der Waals surface area contributed by atoms with Crippen molar-refractivity contribution in [2.24, 2.45) is 0 Å². The quantitative estimate of drug-likeness (QED) is 0.489. The standard InChI is InChI=1S/C27H33N3O6/c1-17-14-21(31)23(33)24(35-17)27(9-12-30(13-10-27)25(34)36-26(2,3)4)15-22(32)29-16-18-6-5-7-20-19(18)8-11-28-20/h5-8,11,14,28,33H,9-10,12-13,15-16H2,1-4H3,(H,29,32). The number of hydrogen-bond donors (Lipinski definition) is 3. The van der Waals surface area contributed by atoms with E-state index in [1.54, 1.807) is 32.6 Å². The highest BCUT2D eigenvalue weighted by atomic mass is 16.6. The van der Waals surface area contributed by atoms with Gasteiger partial charge in [0.15, 0.2) is 5.76 Å². The number of carbonyl (C=O) groups excluding carboxylic acids is 2. The van der Waals surface area contributed by atoms with Gasteiger partial charge >= 0.3 is 6.09 Å². The van der Waals surface area contributed by atoms with Gasteiger partial charge < -0.3 is 29.5 Å². The van der Waals surface area contributed by atoms with Crippen LogP contribution in [0, 0.1) is 6.92 Å². The van der Waals surface area contributed by atoms with Crippen molar-refractivity contribution in [3.05, 3.63) is 63.8 Å². The summed E-state index contributed by atoms with van der Waals surface area (Å²) in [5.74, 6) is -0.284. The molecule has 0 aliphatic carbocycles. The number of fused-ring (bicyclic) bond motifs is 1. The third-order valence-electron chi connectivity index (χ3n) is 6.56. The Kier molecular flexibility index (Phi) is 6.84. The third-order valence-corrected chi connectivity index (χ3v) is 6.56. The van der Waals surface area contributed by atoms with Gasteiger partial charge in [-0.15, -0.1) is 0 Å². The minimum absolute atomic E-state index is 0.00176. The van der Waals surface area contributed by atoms with Crippen LogP contribution in [0.2, 0.25) is 0 Å². The molecule has 1 saturated heterocycles. The number of rotatable bonds is 5. The molecule has 4 rings (SSSR count). The molecular formula is C27H33N3O6. The van der Waals surface area contributed by atoms with Crippen molar-refractivity contribution in [2.45, 2.75) is 64.5 Å². The number of likely N-dealkylation sites (tertiary alicyclic amines) is 1. The van der Waals surface area contributed by atoms with E-state index in [1.165, 1.54) is 6.07 Å². The topological polar surface area (TPSA) is 125 Å². The molecule has 1 fully saturated rings. The molecule has 1 aromatic carbocycles. The molecule has 0 saturated carbocycles. The van der Waals surface area contributed by atoms with Crippen LogP contribution < -0.4 is 10.7 Å². The van der Waals surface area contributed by atoms with Crippen molar-refractivity contribution in [1.29, 1.82) is 0 Å². The third kappa shape index (κ3) is 5.40. The Morgan fingerprint density at radius 2 is 1.94 bits per heavy atom. The number of amides is 2. The van der Waals surface area contributed by atoms with E-state index in [9.17, 15) is 19.5 Å². The van der Waals surface area contributed by atoms with Gasteiger partial charge in [-0.3, -0.25) is 9.59 Å². The maximum absolute atomic E-state index is 13.2. The number of nitrogens with zero attached hydrogens (tertiary/aromatic N) is 1. The van der Waals surface area contributed by atoms with Crippen molar-refractivity contribution in [3.8, 4) is 5.75 Å². The van der Waals surface area contributed by atoms with Gasteiger partial charge in [-0.1, -0.05) is 12.1 Å². The van der Waals surface area contributed by atoms with Crippen molar-refractivity contribution in [3.63, 3.8) is 0 Å². The number of piperidine rings is 1. The zero-order valence-electron chi connectivity index (χ0n) is 21.1. The van der Waals surface area contributed by atoms with Crippen LogP contribution in [0.25, 0.3) is 10.9 Å². The van der Waals surface area contributed by atoms with Crippen LogP contribution in [0.4, 0.5) is 4.79 Å². The van der Waals surface area contributed by atoms with E-state index >= 15 is 0 Å². The number of hydrogen-bond acceptors (Lipinski definition) is 6. The summed E-state index contributed by atoms with van der Waals surface area (Å²) in [4.78, 5) is 42.9. The Balaban J connectivity index is 1.55. The van der Waals surface area contributed by atoms with E-state index in [0.29, 0.717) is 38.2 Å². The Morgan fingerprint density at radius 3 is 2.64 bits per heavy atom. The molecule has 1 aliphatic rings. The monoisotopic (exact) mass is 495 g/mol. The molecule has 0 spiro atoms. The highest BCUT2D eigenvalue weighted by Gasteiger charge is 2.44. The van der Waals surface area contributed by atoms with E-state index in [1.807, 2.05) is 30.5 Å². The lowest BCUT2D eigenvalue weighted by molar-refractivity contribution is -0.123. The molecule has 9 heteroatoms. The Hall–Kier alpha value is -3.75. The minimum atomic E-state index is -0.946. The first-order valence-corrected chi connectivity index (χ1v) is 12.1. The minimum Gasteiger partial charge on any atom is -0.502 e. The van der Waals surface area contributed by atoms with Gasteiger partial charge in [0.1, 0.15) is 11.4 Å². The molecule has 1 aliphatic heterocycles. The molecule has 192 valence electrons. The second-order valence-electron chi connectivity index (χ2n) is 10.5. The van der Waals surface area contributed by atoms with Crippen LogP contribution in [-0.2, 0) is 21.5 Å². The predicted molar refractivity (Wildman–Crippen MR) is 135 cm³/mol. The van der Waals surface area contributed by atoms with Gasteiger partial charge in [0.05, 0.1) is 0 Å². The zero-order chi connectivity index (χ0) is 26.1. The molecule has 3 N–H and O–H groups in total. The Labute approximate surface area is 209 Å². The SMILES string of the molecule is Cc1cc(=O)c(O)c(C2(CC(=O)NCc3cccc4[nH]ccc34)CCN(C(=O)OC(C)(C)C)CC2)o1. The average Bonchev–Trinajstić information content (AvgIpc) is 3.29. The number of aromatic nitrogens is 1. The lowest BCUT2D eigenvalue weighted by Crippen LogP contribution is -2.48. The van der Waals surface area contributed by atoms with Crippen LogP contribution in [0.3, 0.4) is 0 Å². The zero-order valence-corrected chi connectivity index (χ0v) is 21.1. The molecule has 0 atom stereocenters. The fourth-order valence-electron chi connectivity index (χ4n) is 4.76. The van der Waals surface area contributed by atoms with Crippen molar-refractivity contribution >= 4 is 22.9 Å². The van der Waals surface area contributed by atoms with Crippen molar-refractivity contribution in [2.75, 3.05) is 13.1 Å². The summed E-state index contributed by atoms with van der Waals surface area (Å²) in [6.07, 6.45) is 2.07. The summed E-state index contributed by atoms with van der Waals surface area (Å²) in [5.41, 5.74) is -0.171. The van der Waals surface area contributed by atoms with Gasteiger partial charge in [0.2, 0.25) is 17.1 Å². The summed E-state index contributed by atoms with van der Waals surface area (Å²) in [6, 6.07) is 9.03. The summed E-state index contributed by atoms with van der Waals surface area (Å²) in [5, 5.41) is 14.6. The Bertz CT molecular complexity index is 1330. The lowest BCUT2D eigenvalue weighted by atomic mass is 9.72. The van der Waals surface area contributed by atoms with Crippen LogP contribution >= 0.6 is 0 Å². The molecule has 9 nitrogen and oxygen atoms in total. The van der Waals surface area contributed by atoms with Crippen LogP contribution in [-0.4, -0.2) is 45.7 Å². The maximum atomic E-state index is 13.2. The van der Waals surface area contributed by atoms with Crippen LogP contribution in [0.1, 0.15) is 57.1 Å². The molecule has 0 unspecified atom stereocenters. The maximum Gasteiger partial charge on any atom is 0.410 e. The largest absolute Gasteiger partial charge is 0.502 e. The van der Waals surface area contributed by atoms with Gasteiger partial charge in [-0.2, -0.15) is 0 Å². The number of ether oxygens (including phenoxy) is 1. The molecule has 2 aromatic heterocycles. The molecule has 0 radical (unpaired) electrons. The number of aryl methyl sites for hydroxylation is 1. The Morgan fingerprint density at radius 1 is 1.22 bits per heavy atom. The number of benzene rings is 1. The van der Waals surface area contributed by atoms with E-state index in [-0.39, 0.29) is 18.1 Å². The van der Waals surface area contributed by atoms with Gasteiger partial charge in [-0.05, 0) is 58.2 Å².